The predicted molar refractivity (Wildman–Crippen MR) is 97.1 cm³/mol. The number of aryl methyl sites for hydroxylation is 2. The van der Waals surface area contributed by atoms with Crippen LogP contribution >= 0.6 is 0 Å². The van der Waals surface area contributed by atoms with Gasteiger partial charge in [-0.25, -0.2) is 4.79 Å². The fraction of sp³-hybridized carbons (Fsp3) is 0.444. The highest BCUT2D eigenvalue weighted by Crippen LogP contribution is 2.17. The monoisotopic (exact) mass is 346 g/mol. The fourth-order valence-electron chi connectivity index (χ4n) is 2.46. The van der Waals surface area contributed by atoms with E-state index < -0.39 is 0 Å². The van der Waals surface area contributed by atoms with Crippen molar-refractivity contribution >= 4 is 11.7 Å². The number of urea groups is 1. The largest absolute Gasteiger partial charge is 0.491 e. The molecule has 2 N–H and O–H groups in total. The third-order valence-electron chi connectivity index (χ3n) is 3.58. The number of methoxy groups -OCH3 is 1. The van der Waals surface area contributed by atoms with Crippen LogP contribution < -0.4 is 15.4 Å². The van der Waals surface area contributed by atoms with Gasteiger partial charge in [0, 0.05) is 30.6 Å². The first-order valence-electron chi connectivity index (χ1n) is 8.28. The highest BCUT2D eigenvalue weighted by atomic mass is 16.5. The third kappa shape index (κ3) is 6.11. The van der Waals surface area contributed by atoms with Crippen molar-refractivity contribution in [3.05, 3.63) is 41.7 Å². The second-order valence-corrected chi connectivity index (χ2v) is 5.98. The molecule has 0 fully saturated rings. The standard InChI is InChI=1S/C18H26N4O3/c1-13-10-15(3)22(21-13)12-14(2)19-18(23)20-16-6-5-7-17(11-16)25-9-8-24-4/h5-7,10-11,14H,8-9,12H2,1-4H3,(H2,19,20,23)/t14-/m1/s1. The topological polar surface area (TPSA) is 77.4 Å². The smallest absolute Gasteiger partial charge is 0.319 e. The molecular weight excluding hydrogens is 320 g/mol. The number of hydrogen-bond donors (Lipinski definition) is 2. The zero-order valence-corrected chi connectivity index (χ0v) is 15.2. The van der Waals surface area contributed by atoms with Gasteiger partial charge >= 0.3 is 6.03 Å². The zero-order valence-electron chi connectivity index (χ0n) is 15.2. The number of ether oxygens (including phenoxy) is 2. The molecule has 0 aliphatic rings. The molecule has 2 amide bonds. The predicted octanol–water partition coefficient (Wildman–Crippen LogP) is 2.74. The number of aromatic nitrogens is 2. The lowest BCUT2D eigenvalue weighted by molar-refractivity contribution is 0.146. The Kier molecular flexibility index (Phi) is 6.82. The van der Waals surface area contributed by atoms with Crippen molar-refractivity contribution in [1.82, 2.24) is 15.1 Å². The molecule has 0 saturated carbocycles. The molecule has 2 aromatic rings. The maximum Gasteiger partial charge on any atom is 0.319 e. The van der Waals surface area contributed by atoms with Crippen LogP contribution in [0.25, 0.3) is 0 Å². The zero-order chi connectivity index (χ0) is 18.2. The lowest BCUT2D eigenvalue weighted by atomic mass is 10.3. The fourth-order valence-corrected chi connectivity index (χ4v) is 2.46. The molecule has 1 heterocycles. The van der Waals surface area contributed by atoms with E-state index in [2.05, 4.69) is 15.7 Å². The Morgan fingerprint density at radius 1 is 1.28 bits per heavy atom. The molecule has 0 aliphatic heterocycles. The van der Waals surface area contributed by atoms with E-state index in [1.807, 2.05) is 49.7 Å². The summed E-state index contributed by atoms with van der Waals surface area (Å²) in [5, 5.41) is 10.1. The second kappa shape index (κ2) is 9.08. The van der Waals surface area contributed by atoms with Crippen LogP contribution in [0.4, 0.5) is 10.5 Å². The average molecular weight is 346 g/mol. The lowest BCUT2D eigenvalue weighted by Crippen LogP contribution is -2.38. The molecule has 0 radical (unpaired) electrons. The number of rotatable bonds is 8. The van der Waals surface area contributed by atoms with E-state index in [9.17, 15) is 4.79 Å². The van der Waals surface area contributed by atoms with Gasteiger partial charge in [0.05, 0.1) is 18.8 Å². The summed E-state index contributed by atoms with van der Waals surface area (Å²) in [6.45, 7) is 7.50. The van der Waals surface area contributed by atoms with Gasteiger partial charge in [0.1, 0.15) is 12.4 Å². The highest BCUT2D eigenvalue weighted by molar-refractivity contribution is 5.89. The molecule has 136 valence electrons. The van der Waals surface area contributed by atoms with E-state index in [-0.39, 0.29) is 12.1 Å². The molecule has 1 aromatic carbocycles. The summed E-state index contributed by atoms with van der Waals surface area (Å²) < 4.78 is 12.4. The normalized spacial score (nSPS) is 11.8. The molecule has 0 spiro atoms. The molecule has 0 aliphatic carbocycles. The minimum absolute atomic E-state index is 0.0564. The number of carbonyl (C=O) groups is 1. The quantitative estimate of drug-likeness (QED) is 0.721. The first-order chi connectivity index (χ1) is 12.0. The first-order valence-corrected chi connectivity index (χ1v) is 8.28. The summed E-state index contributed by atoms with van der Waals surface area (Å²) in [6.07, 6.45) is 0. The van der Waals surface area contributed by atoms with Gasteiger partial charge in [-0.05, 0) is 39.0 Å². The van der Waals surface area contributed by atoms with Gasteiger partial charge in [-0.1, -0.05) is 6.07 Å². The molecule has 25 heavy (non-hydrogen) atoms. The van der Waals surface area contributed by atoms with Crippen LogP contribution in [0.15, 0.2) is 30.3 Å². The number of anilines is 1. The van der Waals surface area contributed by atoms with Crippen molar-refractivity contribution in [2.75, 3.05) is 25.6 Å². The van der Waals surface area contributed by atoms with Gasteiger partial charge in [-0.3, -0.25) is 4.68 Å². The number of amides is 2. The first kappa shape index (κ1) is 18.8. The van der Waals surface area contributed by atoms with Crippen LogP contribution in [0, 0.1) is 13.8 Å². The van der Waals surface area contributed by atoms with Crippen molar-refractivity contribution in [3.8, 4) is 5.75 Å². The van der Waals surface area contributed by atoms with E-state index in [1.165, 1.54) is 0 Å². The Morgan fingerprint density at radius 2 is 2.08 bits per heavy atom. The van der Waals surface area contributed by atoms with Gasteiger partial charge in [-0.2, -0.15) is 5.10 Å². The maximum atomic E-state index is 12.2. The SMILES string of the molecule is COCCOc1cccc(NC(=O)N[C@H](C)Cn2nc(C)cc2C)c1. The Labute approximate surface area is 148 Å². The summed E-state index contributed by atoms with van der Waals surface area (Å²) in [6, 6.07) is 8.96. The third-order valence-corrected chi connectivity index (χ3v) is 3.58. The average Bonchev–Trinajstić information content (AvgIpc) is 2.85. The van der Waals surface area contributed by atoms with E-state index in [0.717, 1.165) is 11.4 Å². The molecule has 7 heteroatoms. The van der Waals surface area contributed by atoms with Crippen molar-refractivity contribution in [1.29, 1.82) is 0 Å². The highest BCUT2D eigenvalue weighted by Gasteiger charge is 2.10. The van der Waals surface area contributed by atoms with Gasteiger partial charge in [0.15, 0.2) is 0 Å². The number of nitrogens with one attached hydrogen (secondary N) is 2. The molecule has 2 rings (SSSR count). The number of nitrogens with zero attached hydrogens (tertiary/aromatic N) is 2. The van der Waals surface area contributed by atoms with Gasteiger partial charge in [-0.15, -0.1) is 0 Å². The van der Waals surface area contributed by atoms with Crippen molar-refractivity contribution in [2.24, 2.45) is 0 Å². The molecular formula is C18H26N4O3. The number of carbonyl (C=O) groups excluding carboxylic acids is 1. The van der Waals surface area contributed by atoms with Crippen LogP contribution in [0.2, 0.25) is 0 Å². The number of hydrogen-bond acceptors (Lipinski definition) is 4. The van der Waals surface area contributed by atoms with Crippen LogP contribution in [0.1, 0.15) is 18.3 Å². The summed E-state index contributed by atoms with van der Waals surface area (Å²) in [5.74, 6) is 0.686. The molecule has 1 atom stereocenters. The molecule has 7 nitrogen and oxygen atoms in total. The van der Waals surface area contributed by atoms with E-state index in [1.54, 1.807) is 13.2 Å². The van der Waals surface area contributed by atoms with Gasteiger partial charge < -0.3 is 20.1 Å². The molecule has 1 aromatic heterocycles. The Balaban J connectivity index is 1.85. The maximum absolute atomic E-state index is 12.2. The van der Waals surface area contributed by atoms with Gasteiger partial charge in [0.2, 0.25) is 0 Å². The van der Waals surface area contributed by atoms with Crippen molar-refractivity contribution in [2.45, 2.75) is 33.4 Å². The van der Waals surface area contributed by atoms with Crippen LogP contribution in [0.3, 0.4) is 0 Å². The number of benzene rings is 1. The molecule has 0 bridgehead atoms. The molecule has 0 saturated heterocycles. The Hall–Kier alpha value is -2.54. The Bertz CT molecular complexity index is 699. The minimum Gasteiger partial charge on any atom is -0.491 e. The lowest BCUT2D eigenvalue weighted by Gasteiger charge is -2.16. The van der Waals surface area contributed by atoms with Gasteiger partial charge in [0.25, 0.3) is 0 Å². The van der Waals surface area contributed by atoms with E-state index >= 15 is 0 Å². The van der Waals surface area contributed by atoms with Crippen molar-refractivity contribution in [3.63, 3.8) is 0 Å². The van der Waals surface area contributed by atoms with E-state index in [0.29, 0.717) is 31.2 Å². The van der Waals surface area contributed by atoms with Crippen LogP contribution in [-0.2, 0) is 11.3 Å². The van der Waals surface area contributed by atoms with Crippen molar-refractivity contribution < 1.29 is 14.3 Å². The summed E-state index contributed by atoms with van der Waals surface area (Å²) in [7, 11) is 1.62. The Morgan fingerprint density at radius 3 is 2.76 bits per heavy atom. The van der Waals surface area contributed by atoms with Crippen LogP contribution in [0.5, 0.6) is 5.75 Å². The minimum atomic E-state index is -0.261. The van der Waals surface area contributed by atoms with E-state index in [4.69, 9.17) is 9.47 Å². The molecule has 0 unspecified atom stereocenters. The van der Waals surface area contributed by atoms with Crippen LogP contribution in [-0.4, -0.2) is 42.2 Å². The second-order valence-electron chi connectivity index (χ2n) is 5.98. The summed E-state index contributed by atoms with van der Waals surface area (Å²) in [4.78, 5) is 12.2. The summed E-state index contributed by atoms with van der Waals surface area (Å²) in [5.41, 5.74) is 2.72. The summed E-state index contributed by atoms with van der Waals surface area (Å²) >= 11 is 0.